The van der Waals surface area contributed by atoms with E-state index in [1.807, 2.05) is 48.5 Å². The molecule has 7 aromatic carbocycles. The summed E-state index contributed by atoms with van der Waals surface area (Å²) in [6.45, 7) is 0. The lowest BCUT2D eigenvalue weighted by Crippen LogP contribution is -2.44. The zero-order valence-corrected chi connectivity index (χ0v) is 26.0. The number of benzene rings is 7. The second-order valence-electron chi connectivity index (χ2n) is 12.6. The fourth-order valence-electron chi connectivity index (χ4n) is 8.65. The Morgan fingerprint density at radius 2 is 0.957 bits per heavy atom. The van der Waals surface area contributed by atoms with Gasteiger partial charge in [0.15, 0.2) is 0 Å². The zero-order chi connectivity index (χ0) is 31.3. The first-order valence-electron chi connectivity index (χ1n) is 15.9. The number of hydrogen-bond donors (Lipinski definition) is 1. The van der Waals surface area contributed by atoms with Crippen molar-refractivity contribution in [1.29, 1.82) is 0 Å². The number of para-hydroxylation sites is 1. The third-order valence-corrected chi connectivity index (χ3v) is 10.8. The van der Waals surface area contributed by atoms with Gasteiger partial charge in [-0.1, -0.05) is 145 Å². The van der Waals surface area contributed by atoms with Crippen LogP contribution in [0.2, 0.25) is 5.02 Å². The Hall–Kier alpha value is -5.41. The highest BCUT2D eigenvalue weighted by atomic mass is 35.5. The van der Waals surface area contributed by atoms with Gasteiger partial charge in [-0.15, -0.1) is 0 Å². The van der Waals surface area contributed by atoms with Gasteiger partial charge in [0.2, 0.25) is 0 Å². The number of rotatable bonds is 2. The number of aliphatic hydroxyl groups is 1. The Morgan fingerprint density at radius 3 is 1.62 bits per heavy atom. The molecule has 1 aromatic heterocycles. The lowest BCUT2D eigenvalue weighted by Gasteiger charge is -2.47. The molecule has 47 heavy (non-hydrogen) atoms. The normalized spacial score (nSPS) is 14.9. The molecule has 0 fully saturated rings. The first-order chi connectivity index (χ1) is 23.1. The summed E-state index contributed by atoms with van der Waals surface area (Å²) in [7, 11) is 0. The van der Waals surface area contributed by atoms with E-state index >= 15 is 0 Å². The fraction of sp³-hybridized carbons (Fsp3) is 0.0455. The average molecular weight is 623 g/mol. The van der Waals surface area contributed by atoms with Crippen LogP contribution in [-0.4, -0.2) is 5.11 Å². The summed E-state index contributed by atoms with van der Waals surface area (Å²) in [6.07, 6.45) is 0. The lowest BCUT2D eigenvalue weighted by molar-refractivity contribution is 0.119. The third-order valence-electron chi connectivity index (χ3n) is 10.5. The van der Waals surface area contributed by atoms with E-state index in [-0.39, 0.29) is 0 Å². The van der Waals surface area contributed by atoms with Crippen molar-refractivity contribution in [2.45, 2.75) is 11.0 Å². The van der Waals surface area contributed by atoms with Crippen LogP contribution in [0.4, 0.5) is 0 Å². The van der Waals surface area contributed by atoms with Crippen LogP contribution in [0.25, 0.3) is 44.2 Å². The summed E-state index contributed by atoms with van der Waals surface area (Å²) in [5.74, 6) is 0. The number of halogens is 1. The molecular formula is C44H27ClO2. The first-order valence-corrected chi connectivity index (χ1v) is 16.3. The molecule has 10 rings (SSSR count). The SMILES string of the molecule is OC1(c2cccc(Cl)c2-c2ccc3c(c2)oc2ccccc23)c2ccccc2C2(c3ccccc3-c3ccccc32)c2ccccc21. The molecule has 0 saturated carbocycles. The zero-order valence-electron chi connectivity index (χ0n) is 25.2. The van der Waals surface area contributed by atoms with Gasteiger partial charge in [-0.25, -0.2) is 0 Å². The molecule has 0 radical (unpaired) electrons. The van der Waals surface area contributed by atoms with Crippen LogP contribution in [0, 0.1) is 0 Å². The highest BCUT2D eigenvalue weighted by Crippen LogP contribution is 2.63. The van der Waals surface area contributed by atoms with Crippen LogP contribution in [0.5, 0.6) is 0 Å². The van der Waals surface area contributed by atoms with Crippen molar-refractivity contribution in [2.75, 3.05) is 0 Å². The largest absolute Gasteiger partial charge is 0.456 e. The van der Waals surface area contributed by atoms with E-state index in [0.717, 1.165) is 60.9 Å². The molecule has 1 spiro atoms. The molecule has 2 nitrogen and oxygen atoms in total. The summed E-state index contributed by atoms with van der Waals surface area (Å²) in [5, 5.41) is 16.3. The molecule has 0 bridgehead atoms. The maximum absolute atomic E-state index is 13.6. The van der Waals surface area contributed by atoms with Crippen molar-refractivity contribution in [2.24, 2.45) is 0 Å². The van der Waals surface area contributed by atoms with Gasteiger partial charge in [-0.05, 0) is 74.3 Å². The van der Waals surface area contributed by atoms with Gasteiger partial charge < -0.3 is 9.52 Å². The van der Waals surface area contributed by atoms with Crippen molar-refractivity contribution in [3.8, 4) is 22.3 Å². The fourth-order valence-corrected chi connectivity index (χ4v) is 8.93. The molecule has 222 valence electrons. The Balaban J connectivity index is 1.30. The van der Waals surface area contributed by atoms with Gasteiger partial charge in [-0.2, -0.15) is 0 Å². The van der Waals surface area contributed by atoms with Gasteiger partial charge in [0.1, 0.15) is 16.8 Å². The second kappa shape index (κ2) is 9.56. The van der Waals surface area contributed by atoms with Crippen LogP contribution >= 0.6 is 11.6 Å². The Bertz CT molecular complexity index is 2480. The molecule has 3 heteroatoms. The highest BCUT2D eigenvalue weighted by Gasteiger charge is 2.56. The maximum Gasteiger partial charge on any atom is 0.141 e. The minimum absolute atomic E-state index is 0.568. The van der Waals surface area contributed by atoms with E-state index in [0.29, 0.717) is 5.02 Å². The lowest BCUT2D eigenvalue weighted by atomic mass is 9.56. The van der Waals surface area contributed by atoms with E-state index in [1.165, 1.54) is 22.3 Å². The number of furan rings is 1. The predicted molar refractivity (Wildman–Crippen MR) is 190 cm³/mol. The van der Waals surface area contributed by atoms with Gasteiger partial charge in [0.05, 0.1) is 5.41 Å². The first kappa shape index (κ1) is 26.8. The number of fused-ring (bicyclic) bond motifs is 12. The van der Waals surface area contributed by atoms with E-state index in [1.54, 1.807) is 0 Å². The van der Waals surface area contributed by atoms with Crippen LogP contribution in [0.3, 0.4) is 0 Å². The van der Waals surface area contributed by atoms with Crippen LogP contribution in [-0.2, 0) is 11.0 Å². The standard InChI is InChI=1S/C44H27ClO2/c45-39-22-11-21-38(42(39)27-24-25-31-30-14-3-10-23-40(30)47-41(31)26-27)44(46)36-19-8-6-17-34(36)43(35-18-7-9-20-37(35)44)32-15-4-1-12-28(32)29-13-2-5-16-33(29)43/h1-26,46H. The molecule has 0 saturated heterocycles. The Morgan fingerprint density at radius 1 is 0.447 bits per heavy atom. The second-order valence-corrected chi connectivity index (χ2v) is 13.0. The van der Waals surface area contributed by atoms with Gasteiger partial charge in [0, 0.05) is 26.9 Å². The molecule has 0 amide bonds. The van der Waals surface area contributed by atoms with Crippen molar-refractivity contribution in [3.63, 3.8) is 0 Å². The smallest absolute Gasteiger partial charge is 0.141 e. The molecule has 8 aromatic rings. The Kier molecular flexibility index (Phi) is 5.44. The van der Waals surface area contributed by atoms with Crippen molar-refractivity contribution in [1.82, 2.24) is 0 Å². The van der Waals surface area contributed by atoms with Gasteiger partial charge in [-0.3, -0.25) is 0 Å². The quantitative estimate of drug-likeness (QED) is 0.208. The van der Waals surface area contributed by atoms with Crippen molar-refractivity contribution in [3.05, 3.63) is 202 Å². The molecular weight excluding hydrogens is 596 g/mol. The van der Waals surface area contributed by atoms with Gasteiger partial charge >= 0.3 is 0 Å². The van der Waals surface area contributed by atoms with E-state index in [4.69, 9.17) is 16.0 Å². The van der Waals surface area contributed by atoms with Crippen LogP contribution in [0.15, 0.2) is 162 Å². The van der Waals surface area contributed by atoms with E-state index in [2.05, 4.69) is 109 Å². The molecule has 1 heterocycles. The molecule has 0 unspecified atom stereocenters. The molecule has 1 N–H and O–H groups in total. The summed E-state index contributed by atoms with van der Waals surface area (Å²) in [4.78, 5) is 0. The van der Waals surface area contributed by atoms with E-state index < -0.39 is 11.0 Å². The predicted octanol–water partition coefficient (Wildman–Crippen LogP) is 10.9. The van der Waals surface area contributed by atoms with Crippen molar-refractivity contribution >= 4 is 33.5 Å². The van der Waals surface area contributed by atoms with Gasteiger partial charge in [0.25, 0.3) is 0 Å². The third kappa shape index (κ3) is 3.34. The molecule has 2 aliphatic rings. The van der Waals surface area contributed by atoms with Crippen LogP contribution in [0.1, 0.15) is 38.9 Å². The molecule has 0 aliphatic heterocycles. The minimum Gasteiger partial charge on any atom is -0.456 e. The summed E-state index contributed by atoms with van der Waals surface area (Å²) >= 11 is 7.14. The summed E-state index contributed by atoms with van der Waals surface area (Å²) < 4.78 is 6.30. The van der Waals surface area contributed by atoms with Crippen molar-refractivity contribution < 1.29 is 9.52 Å². The molecule has 2 aliphatic carbocycles. The average Bonchev–Trinajstić information content (AvgIpc) is 3.64. The summed E-state index contributed by atoms with van der Waals surface area (Å²) in [5.41, 5.74) is 10.6. The topological polar surface area (TPSA) is 33.4 Å². The number of hydrogen-bond acceptors (Lipinski definition) is 2. The van der Waals surface area contributed by atoms with E-state index in [9.17, 15) is 5.11 Å². The van der Waals surface area contributed by atoms with Crippen LogP contribution < -0.4 is 0 Å². The monoisotopic (exact) mass is 622 g/mol. The molecule has 0 atom stereocenters. The summed E-state index contributed by atoms with van der Waals surface area (Å²) in [6, 6.07) is 54.4. The highest BCUT2D eigenvalue weighted by molar-refractivity contribution is 6.33. The minimum atomic E-state index is -1.51. The Labute approximate surface area is 277 Å². The maximum atomic E-state index is 13.6.